The van der Waals surface area contributed by atoms with Crippen LogP contribution in [0.1, 0.15) is 30.1 Å². The third-order valence-electron chi connectivity index (χ3n) is 4.95. The van der Waals surface area contributed by atoms with Gasteiger partial charge in [0.05, 0.1) is 11.7 Å². The molecule has 2 aliphatic rings. The summed E-state index contributed by atoms with van der Waals surface area (Å²) in [5.41, 5.74) is 9.23. The van der Waals surface area contributed by atoms with Gasteiger partial charge in [0, 0.05) is 42.8 Å². The SMILES string of the molecule is Clc1ccc(C2NNCC2CN(Cc2ccccn2)C2CC2)cc1. The van der Waals surface area contributed by atoms with E-state index in [4.69, 9.17) is 11.6 Å². The molecule has 2 heterocycles. The molecular formula is C19H23ClN4. The summed E-state index contributed by atoms with van der Waals surface area (Å²) in [5.74, 6) is 0.537. The van der Waals surface area contributed by atoms with E-state index in [1.165, 1.54) is 18.4 Å². The molecule has 2 N–H and O–H groups in total. The molecular weight excluding hydrogens is 320 g/mol. The predicted octanol–water partition coefficient (Wildman–Crippen LogP) is 3.16. The summed E-state index contributed by atoms with van der Waals surface area (Å²) < 4.78 is 0. The number of hydrazine groups is 1. The van der Waals surface area contributed by atoms with Crippen molar-refractivity contribution in [1.82, 2.24) is 20.7 Å². The molecule has 2 unspecified atom stereocenters. The number of rotatable bonds is 6. The normalized spacial score (nSPS) is 23.8. The lowest BCUT2D eigenvalue weighted by atomic mass is 9.94. The van der Waals surface area contributed by atoms with E-state index in [0.29, 0.717) is 12.0 Å². The number of hydrogen-bond donors (Lipinski definition) is 2. The van der Waals surface area contributed by atoms with Crippen LogP contribution < -0.4 is 10.9 Å². The Morgan fingerprint density at radius 2 is 1.96 bits per heavy atom. The number of aromatic nitrogens is 1. The number of halogens is 1. The minimum atomic E-state index is 0.326. The molecule has 2 atom stereocenters. The first-order valence-corrected chi connectivity index (χ1v) is 9.05. The first-order valence-electron chi connectivity index (χ1n) is 8.67. The monoisotopic (exact) mass is 342 g/mol. The van der Waals surface area contributed by atoms with Crippen molar-refractivity contribution >= 4 is 11.6 Å². The van der Waals surface area contributed by atoms with Crippen molar-refractivity contribution in [2.24, 2.45) is 5.92 Å². The molecule has 1 saturated heterocycles. The minimum absolute atomic E-state index is 0.326. The fourth-order valence-electron chi connectivity index (χ4n) is 3.51. The van der Waals surface area contributed by atoms with Gasteiger partial charge in [-0.15, -0.1) is 0 Å². The standard InChI is InChI=1S/C19H23ClN4/c20-16-6-4-14(5-7-16)19-15(11-22-23-19)12-24(18-8-9-18)13-17-3-1-2-10-21-17/h1-7,10,15,18-19,22-23H,8-9,11-13H2. The molecule has 1 aliphatic carbocycles. The van der Waals surface area contributed by atoms with E-state index in [1.807, 2.05) is 24.4 Å². The number of hydrogen-bond acceptors (Lipinski definition) is 4. The molecule has 2 fully saturated rings. The van der Waals surface area contributed by atoms with E-state index in [0.717, 1.165) is 36.4 Å². The Morgan fingerprint density at radius 1 is 1.12 bits per heavy atom. The van der Waals surface area contributed by atoms with Gasteiger partial charge in [0.15, 0.2) is 0 Å². The first kappa shape index (κ1) is 16.0. The Bertz CT molecular complexity index is 657. The van der Waals surface area contributed by atoms with Crippen molar-refractivity contribution in [3.63, 3.8) is 0 Å². The van der Waals surface area contributed by atoms with E-state index < -0.39 is 0 Å². The third-order valence-corrected chi connectivity index (χ3v) is 5.20. The second-order valence-corrected chi connectivity index (χ2v) is 7.23. The molecule has 1 aromatic carbocycles. The zero-order valence-corrected chi connectivity index (χ0v) is 14.4. The Kier molecular flexibility index (Phi) is 4.81. The lowest BCUT2D eigenvalue weighted by Gasteiger charge is -2.28. The minimum Gasteiger partial charge on any atom is -0.294 e. The molecule has 1 aliphatic heterocycles. The van der Waals surface area contributed by atoms with Gasteiger partial charge in [-0.1, -0.05) is 29.8 Å². The second-order valence-electron chi connectivity index (χ2n) is 6.80. The van der Waals surface area contributed by atoms with Crippen LogP contribution in [-0.4, -0.2) is 29.0 Å². The van der Waals surface area contributed by atoms with Gasteiger partial charge in [-0.25, -0.2) is 5.43 Å². The van der Waals surface area contributed by atoms with Gasteiger partial charge in [-0.2, -0.15) is 0 Å². The quantitative estimate of drug-likeness (QED) is 0.846. The van der Waals surface area contributed by atoms with Crippen LogP contribution >= 0.6 is 11.6 Å². The Labute approximate surface area is 148 Å². The van der Waals surface area contributed by atoms with E-state index in [9.17, 15) is 0 Å². The average molecular weight is 343 g/mol. The lowest BCUT2D eigenvalue weighted by Crippen LogP contribution is -2.34. The van der Waals surface area contributed by atoms with E-state index in [-0.39, 0.29) is 0 Å². The van der Waals surface area contributed by atoms with Crippen LogP contribution in [0.25, 0.3) is 0 Å². The molecule has 2 aromatic rings. The van der Waals surface area contributed by atoms with Gasteiger partial charge in [0.1, 0.15) is 0 Å². The molecule has 0 spiro atoms. The maximum Gasteiger partial charge on any atom is 0.0544 e. The largest absolute Gasteiger partial charge is 0.294 e. The number of nitrogens with one attached hydrogen (secondary N) is 2. The van der Waals surface area contributed by atoms with Crippen molar-refractivity contribution in [1.29, 1.82) is 0 Å². The number of pyridine rings is 1. The summed E-state index contributed by atoms with van der Waals surface area (Å²) in [7, 11) is 0. The highest BCUT2D eigenvalue weighted by Gasteiger charge is 2.35. The highest BCUT2D eigenvalue weighted by Crippen LogP contribution is 2.32. The van der Waals surface area contributed by atoms with Crippen LogP contribution in [0.3, 0.4) is 0 Å². The molecule has 1 saturated carbocycles. The maximum absolute atomic E-state index is 6.03. The molecule has 4 rings (SSSR count). The average Bonchev–Trinajstić information content (AvgIpc) is 3.36. The van der Waals surface area contributed by atoms with Crippen molar-refractivity contribution in [3.8, 4) is 0 Å². The highest BCUT2D eigenvalue weighted by molar-refractivity contribution is 6.30. The van der Waals surface area contributed by atoms with Crippen molar-refractivity contribution in [2.45, 2.75) is 31.5 Å². The summed E-state index contributed by atoms with van der Waals surface area (Å²) in [6.45, 7) is 3.00. The second kappa shape index (κ2) is 7.19. The van der Waals surface area contributed by atoms with Crippen molar-refractivity contribution in [2.75, 3.05) is 13.1 Å². The first-order chi connectivity index (χ1) is 11.8. The van der Waals surface area contributed by atoms with Crippen LogP contribution in [-0.2, 0) is 6.54 Å². The topological polar surface area (TPSA) is 40.2 Å². The van der Waals surface area contributed by atoms with Gasteiger partial charge in [0.2, 0.25) is 0 Å². The zero-order chi connectivity index (χ0) is 16.4. The van der Waals surface area contributed by atoms with Crippen LogP contribution in [0, 0.1) is 5.92 Å². The van der Waals surface area contributed by atoms with E-state index in [2.05, 4.69) is 45.0 Å². The van der Waals surface area contributed by atoms with Gasteiger partial charge >= 0.3 is 0 Å². The smallest absolute Gasteiger partial charge is 0.0544 e. The van der Waals surface area contributed by atoms with Gasteiger partial charge < -0.3 is 0 Å². The summed E-state index contributed by atoms with van der Waals surface area (Å²) in [4.78, 5) is 7.10. The molecule has 1 aromatic heterocycles. The van der Waals surface area contributed by atoms with E-state index in [1.54, 1.807) is 0 Å². The Hall–Kier alpha value is -1.46. The van der Waals surface area contributed by atoms with Gasteiger partial charge in [-0.3, -0.25) is 15.3 Å². The molecule has 5 heteroatoms. The molecule has 4 nitrogen and oxygen atoms in total. The number of benzene rings is 1. The highest BCUT2D eigenvalue weighted by atomic mass is 35.5. The molecule has 126 valence electrons. The predicted molar refractivity (Wildman–Crippen MR) is 96.5 cm³/mol. The Morgan fingerprint density at radius 3 is 2.67 bits per heavy atom. The summed E-state index contributed by atoms with van der Waals surface area (Å²) in [5, 5.41) is 0.788. The summed E-state index contributed by atoms with van der Waals surface area (Å²) in [6, 6.07) is 15.4. The molecule has 0 amide bonds. The van der Waals surface area contributed by atoms with Crippen LogP contribution in [0.2, 0.25) is 5.02 Å². The molecule has 0 radical (unpaired) electrons. The Balaban J connectivity index is 1.46. The van der Waals surface area contributed by atoms with Crippen molar-refractivity contribution < 1.29 is 0 Å². The van der Waals surface area contributed by atoms with Gasteiger partial charge in [-0.05, 0) is 42.7 Å². The zero-order valence-electron chi connectivity index (χ0n) is 13.7. The molecule has 24 heavy (non-hydrogen) atoms. The van der Waals surface area contributed by atoms with Crippen molar-refractivity contribution in [3.05, 3.63) is 64.9 Å². The fourth-order valence-corrected chi connectivity index (χ4v) is 3.64. The van der Waals surface area contributed by atoms with Gasteiger partial charge in [0.25, 0.3) is 0 Å². The molecule has 0 bridgehead atoms. The summed E-state index contributed by atoms with van der Waals surface area (Å²) in [6.07, 6.45) is 4.51. The fraction of sp³-hybridized carbons (Fsp3) is 0.421. The van der Waals surface area contributed by atoms with Crippen LogP contribution in [0.5, 0.6) is 0 Å². The van der Waals surface area contributed by atoms with E-state index >= 15 is 0 Å². The third kappa shape index (κ3) is 3.78. The summed E-state index contributed by atoms with van der Waals surface area (Å²) >= 11 is 6.03. The number of nitrogens with zero attached hydrogens (tertiary/aromatic N) is 2. The van der Waals surface area contributed by atoms with Crippen LogP contribution in [0.4, 0.5) is 0 Å². The van der Waals surface area contributed by atoms with Crippen LogP contribution in [0.15, 0.2) is 48.7 Å². The lowest BCUT2D eigenvalue weighted by molar-refractivity contribution is 0.206. The maximum atomic E-state index is 6.03.